The summed E-state index contributed by atoms with van der Waals surface area (Å²) in [6.45, 7) is -0.144. The van der Waals surface area contributed by atoms with Gasteiger partial charge in [-0.2, -0.15) is 0 Å². The molecule has 0 aliphatic rings. The van der Waals surface area contributed by atoms with E-state index in [1.54, 1.807) is 0 Å². The van der Waals surface area contributed by atoms with Gasteiger partial charge in [-0.15, -0.1) is 0 Å². The van der Waals surface area contributed by atoms with E-state index in [0.29, 0.717) is 12.0 Å². The van der Waals surface area contributed by atoms with Crippen molar-refractivity contribution < 1.29 is 22.7 Å². The van der Waals surface area contributed by atoms with Gasteiger partial charge < -0.3 is 9.84 Å². The molecule has 0 aromatic heterocycles. The molecule has 4 nitrogen and oxygen atoms in total. The van der Waals surface area contributed by atoms with Crippen molar-refractivity contribution in [2.45, 2.75) is 6.42 Å². The van der Waals surface area contributed by atoms with Crippen LogP contribution in [0.3, 0.4) is 0 Å². The Kier molecular flexibility index (Phi) is 5.80. The molecule has 1 aromatic carbocycles. The molecular formula is C13H15FO4S. The number of hydrogen-bond donors (Lipinski definition) is 1. The highest BCUT2D eigenvalue weighted by molar-refractivity contribution is 7.90. The fourth-order valence-electron chi connectivity index (χ4n) is 1.22. The van der Waals surface area contributed by atoms with Gasteiger partial charge in [-0.25, -0.2) is 12.8 Å². The average Bonchev–Trinajstić information content (AvgIpc) is 2.31. The number of aliphatic hydroxyl groups excluding tert-OH is 1. The number of rotatable bonds is 5. The maximum absolute atomic E-state index is 13.4. The molecule has 0 saturated carbocycles. The minimum absolute atomic E-state index is 0.0283. The molecule has 19 heavy (non-hydrogen) atoms. The van der Waals surface area contributed by atoms with Crippen LogP contribution in [0.15, 0.2) is 18.2 Å². The van der Waals surface area contributed by atoms with Crippen LogP contribution in [0.2, 0.25) is 0 Å². The molecule has 0 bridgehead atoms. The van der Waals surface area contributed by atoms with Crippen LogP contribution < -0.4 is 4.74 Å². The van der Waals surface area contributed by atoms with E-state index in [4.69, 9.17) is 9.84 Å². The summed E-state index contributed by atoms with van der Waals surface area (Å²) in [4.78, 5) is 0. The van der Waals surface area contributed by atoms with Crippen molar-refractivity contribution in [2.75, 3.05) is 25.2 Å². The minimum Gasteiger partial charge on any atom is -0.489 e. The molecule has 1 rings (SSSR count). The fourth-order valence-corrected chi connectivity index (χ4v) is 1.60. The van der Waals surface area contributed by atoms with Gasteiger partial charge in [0.05, 0.1) is 12.4 Å². The number of aliphatic hydroxyl groups is 1. The highest BCUT2D eigenvalue weighted by Crippen LogP contribution is 2.18. The van der Waals surface area contributed by atoms with Gasteiger partial charge in [0.1, 0.15) is 6.61 Å². The first-order valence-electron chi connectivity index (χ1n) is 5.62. The maximum Gasteiger partial charge on any atom is 0.165 e. The van der Waals surface area contributed by atoms with Crippen LogP contribution in [0.4, 0.5) is 4.39 Å². The molecule has 0 heterocycles. The predicted octanol–water partition coefficient (Wildman–Crippen LogP) is 0.983. The molecule has 0 aliphatic heterocycles. The summed E-state index contributed by atoms with van der Waals surface area (Å²) >= 11 is 0. The van der Waals surface area contributed by atoms with E-state index in [2.05, 4.69) is 11.8 Å². The predicted molar refractivity (Wildman–Crippen MR) is 70.2 cm³/mol. The van der Waals surface area contributed by atoms with Crippen molar-refractivity contribution in [1.29, 1.82) is 0 Å². The van der Waals surface area contributed by atoms with Crippen molar-refractivity contribution in [3.8, 4) is 17.6 Å². The van der Waals surface area contributed by atoms with Crippen LogP contribution in [0.25, 0.3) is 0 Å². The third-order valence-corrected chi connectivity index (χ3v) is 3.02. The number of benzene rings is 1. The summed E-state index contributed by atoms with van der Waals surface area (Å²) in [5, 5.41) is 8.59. The molecule has 0 unspecified atom stereocenters. The zero-order valence-corrected chi connectivity index (χ0v) is 11.3. The van der Waals surface area contributed by atoms with E-state index < -0.39 is 15.7 Å². The first-order chi connectivity index (χ1) is 8.92. The molecule has 1 N–H and O–H groups in total. The van der Waals surface area contributed by atoms with E-state index in [0.717, 1.165) is 6.26 Å². The van der Waals surface area contributed by atoms with Crippen LogP contribution in [0.1, 0.15) is 12.0 Å². The van der Waals surface area contributed by atoms with Gasteiger partial charge in [-0.05, 0) is 18.2 Å². The molecule has 0 atom stereocenters. The molecule has 0 fully saturated rings. The Morgan fingerprint density at radius 1 is 1.42 bits per heavy atom. The number of hydrogen-bond acceptors (Lipinski definition) is 4. The Labute approximate surface area is 112 Å². The van der Waals surface area contributed by atoms with Crippen molar-refractivity contribution >= 4 is 9.84 Å². The Hall–Kier alpha value is -1.58. The molecule has 0 radical (unpaired) electrons. The van der Waals surface area contributed by atoms with Gasteiger partial charge in [0.2, 0.25) is 0 Å². The minimum atomic E-state index is -3.14. The van der Waals surface area contributed by atoms with E-state index in [1.807, 2.05) is 0 Å². The quantitative estimate of drug-likeness (QED) is 0.820. The van der Waals surface area contributed by atoms with Gasteiger partial charge in [-0.1, -0.05) is 11.8 Å². The van der Waals surface area contributed by atoms with Crippen molar-refractivity contribution in [3.63, 3.8) is 0 Å². The summed E-state index contributed by atoms with van der Waals surface area (Å²) in [7, 11) is -3.14. The third kappa shape index (κ3) is 6.22. The standard InChI is InChI=1S/C13H15FO4S/c1-19(16,17)9-8-18-13-10-11(4-2-3-7-15)5-6-12(13)14/h5-6,10,15H,3,7-9H2,1H3. The Morgan fingerprint density at radius 2 is 2.16 bits per heavy atom. The molecule has 104 valence electrons. The summed E-state index contributed by atoms with van der Waals surface area (Å²) < 4.78 is 40.4. The van der Waals surface area contributed by atoms with Crippen LogP contribution >= 0.6 is 0 Å². The number of sulfone groups is 1. The molecular weight excluding hydrogens is 271 g/mol. The second kappa shape index (κ2) is 7.12. The number of ether oxygens (including phenoxy) is 1. The van der Waals surface area contributed by atoms with Gasteiger partial charge >= 0.3 is 0 Å². The summed E-state index contributed by atoms with van der Waals surface area (Å²) in [5.41, 5.74) is 0.546. The van der Waals surface area contributed by atoms with E-state index >= 15 is 0 Å². The van der Waals surface area contributed by atoms with Gasteiger partial charge in [-0.3, -0.25) is 0 Å². The van der Waals surface area contributed by atoms with Gasteiger partial charge in [0.25, 0.3) is 0 Å². The molecule has 0 saturated heterocycles. The Bertz CT molecular complexity index is 584. The van der Waals surface area contributed by atoms with E-state index in [1.165, 1.54) is 18.2 Å². The van der Waals surface area contributed by atoms with Crippen molar-refractivity contribution in [2.24, 2.45) is 0 Å². The largest absolute Gasteiger partial charge is 0.489 e. The second-order valence-corrected chi connectivity index (χ2v) is 6.16. The smallest absolute Gasteiger partial charge is 0.165 e. The molecule has 1 aromatic rings. The van der Waals surface area contributed by atoms with Crippen molar-refractivity contribution in [3.05, 3.63) is 29.6 Å². The fraction of sp³-hybridized carbons (Fsp3) is 0.385. The lowest BCUT2D eigenvalue weighted by Gasteiger charge is -2.06. The van der Waals surface area contributed by atoms with Gasteiger partial charge in [0, 0.05) is 18.2 Å². The molecule has 6 heteroatoms. The SMILES string of the molecule is CS(=O)(=O)CCOc1cc(C#CCCO)ccc1F. The molecule has 0 amide bonds. The van der Waals surface area contributed by atoms with Crippen LogP contribution in [0.5, 0.6) is 5.75 Å². The monoisotopic (exact) mass is 286 g/mol. The highest BCUT2D eigenvalue weighted by Gasteiger charge is 2.07. The number of halogens is 1. The topological polar surface area (TPSA) is 63.6 Å². The van der Waals surface area contributed by atoms with Crippen LogP contribution in [0, 0.1) is 17.7 Å². The third-order valence-electron chi connectivity index (χ3n) is 2.11. The summed E-state index contributed by atoms with van der Waals surface area (Å²) in [6, 6.07) is 4.10. The van der Waals surface area contributed by atoms with E-state index in [9.17, 15) is 12.8 Å². The first-order valence-corrected chi connectivity index (χ1v) is 7.68. The zero-order chi connectivity index (χ0) is 14.3. The van der Waals surface area contributed by atoms with Crippen LogP contribution in [-0.2, 0) is 9.84 Å². The van der Waals surface area contributed by atoms with Crippen molar-refractivity contribution in [1.82, 2.24) is 0 Å². The first kappa shape index (κ1) is 15.5. The maximum atomic E-state index is 13.4. The second-order valence-electron chi connectivity index (χ2n) is 3.90. The van der Waals surface area contributed by atoms with Crippen LogP contribution in [-0.4, -0.2) is 38.7 Å². The lowest BCUT2D eigenvalue weighted by molar-refractivity contribution is 0.305. The van der Waals surface area contributed by atoms with Gasteiger partial charge in [0.15, 0.2) is 21.4 Å². The van der Waals surface area contributed by atoms with E-state index in [-0.39, 0.29) is 24.7 Å². The molecule has 0 spiro atoms. The highest BCUT2D eigenvalue weighted by atomic mass is 32.2. The zero-order valence-electron chi connectivity index (χ0n) is 10.5. The summed E-state index contributed by atoms with van der Waals surface area (Å²) in [6.07, 6.45) is 1.42. The Morgan fingerprint density at radius 3 is 2.79 bits per heavy atom. The normalized spacial score (nSPS) is 10.7. The summed E-state index contributed by atoms with van der Waals surface area (Å²) in [5.74, 6) is 4.68. The lowest BCUT2D eigenvalue weighted by atomic mass is 10.2. The Balaban J connectivity index is 2.72. The molecule has 0 aliphatic carbocycles. The lowest BCUT2D eigenvalue weighted by Crippen LogP contribution is -2.12. The average molecular weight is 286 g/mol.